The van der Waals surface area contributed by atoms with E-state index in [4.69, 9.17) is 4.74 Å². The summed E-state index contributed by atoms with van der Waals surface area (Å²) in [5.41, 5.74) is 1.64. The Labute approximate surface area is 188 Å². The van der Waals surface area contributed by atoms with Gasteiger partial charge < -0.3 is 4.74 Å². The van der Waals surface area contributed by atoms with Gasteiger partial charge in [-0.3, -0.25) is 24.1 Å². The molecule has 162 valence electrons. The normalized spacial score (nSPS) is 14.5. The average Bonchev–Trinajstić information content (AvgIpc) is 3.23. The van der Waals surface area contributed by atoms with Crippen LogP contribution in [0, 0.1) is 0 Å². The number of benzene rings is 3. The summed E-state index contributed by atoms with van der Waals surface area (Å²) in [7, 11) is 0. The fourth-order valence-corrected chi connectivity index (χ4v) is 3.89. The van der Waals surface area contributed by atoms with Crippen LogP contribution in [0.15, 0.2) is 72.8 Å². The van der Waals surface area contributed by atoms with Crippen LogP contribution in [0.5, 0.6) is 0 Å². The van der Waals surface area contributed by atoms with Gasteiger partial charge in [0.05, 0.1) is 34.4 Å². The van der Waals surface area contributed by atoms with Crippen molar-refractivity contribution in [2.45, 2.75) is 6.54 Å². The van der Waals surface area contributed by atoms with Gasteiger partial charge in [-0.05, 0) is 35.9 Å². The minimum atomic E-state index is -0.823. The zero-order valence-electron chi connectivity index (χ0n) is 17.2. The van der Waals surface area contributed by atoms with Crippen molar-refractivity contribution in [3.05, 3.63) is 106 Å². The number of nitrogens with zero attached hydrogens (tertiary/aromatic N) is 2. The SMILES string of the molecule is O=C(OCN1C(=O)c2ccccc2C1=O)c1ccc2c(c1)C(=O)N(Cc1ccccc1)C2=O. The standard InChI is InChI=1S/C25H16N2O6/c28-21-19-11-10-16(12-20(19)24(31)26(21)13-15-6-2-1-3-7-15)25(32)33-14-27-22(29)17-8-4-5-9-18(17)23(27)30/h1-12H,13-14H2. The van der Waals surface area contributed by atoms with Gasteiger partial charge in [0, 0.05) is 0 Å². The smallest absolute Gasteiger partial charge is 0.339 e. The molecule has 0 saturated carbocycles. The molecule has 0 fully saturated rings. The van der Waals surface area contributed by atoms with Crippen LogP contribution in [0.4, 0.5) is 0 Å². The second-order valence-corrected chi connectivity index (χ2v) is 7.59. The van der Waals surface area contributed by atoms with Gasteiger partial charge in [0.25, 0.3) is 23.6 Å². The van der Waals surface area contributed by atoms with E-state index in [0.717, 1.165) is 15.4 Å². The number of ether oxygens (including phenoxy) is 1. The highest BCUT2D eigenvalue weighted by atomic mass is 16.5. The zero-order valence-corrected chi connectivity index (χ0v) is 17.2. The molecule has 3 aromatic rings. The number of carbonyl (C=O) groups is 5. The molecule has 33 heavy (non-hydrogen) atoms. The highest BCUT2D eigenvalue weighted by molar-refractivity contribution is 6.22. The average molecular weight is 440 g/mol. The number of carbonyl (C=O) groups excluding carboxylic acids is 5. The number of hydrogen-bond acceptors (Lipinski definition) is 6. The monoisotopic (exact) mass is 440 g/mol. The molecule has 2 aliphatic rings. The van der Waals surface area contributed by atoms with Gasteiger partial charge in [-0.25, -0.2) is 9.69 Å². The van der Waals surface area contributed by atoms with E-state index in [1.807, 2.05) is 30.3 Å². The fourth-order valence-electron chi connectivity index (χ4n) is 3.89. The first-order chi connectivity index (χ1) is 16.0. The molecule has 4 amide bonds. The van der Waals surface area contributed by atoms with Crippen LogP contribution in [0.2, 0.25) is 0 Å². The summed E-state index contributed by atoms with van der Waals surface area (Å²) in [6, 6.07) is 19.5. The second-order valence-electron chi connectivity index (χ2n) is 7.59. The molecular formula is C25H16N2O6. The number of rotatable bonds is 5. The van der Waals surface area contributed by atoms with E-state index in [1.54, 1.807) is 12.1 Å². The summed E-state index contributed by atoms with van der Waals surface area (Å²) >= 11 is 0. The quantitative estimate of drug-likeness (QED) is 0.447. The van der Waals surface area contributed by atoms with Gasteiger partial charge >= 0.3 is 5.97 Å². The number of amides is 4. The third-order valence-electron chi connectivity index (χ3n) is 5.59. The molecule has 0 N–H and O–H groups in total. The molecule has 8 heteroatoms. The molecule has 0 bridgehead atoms. The molecular weight excluding hydrogens is 424 g/mol. The Hall–Kier alpha value is -4.59. The van der Waals surface area contributed by atoms with E-state index in [-0.39, 0.29) is 34.4 Å². The fraction of sp³-hybridized carbons (Fsp3) is 0.0800. The lowest BCUT2D eigenvalue weighted by atomic mass is 10.1. The Morgan fingerprint density at radius 3 is 1.85 bits per heavy atom. The Balaban J connectivity index is 1.30. The molecule has 0 aromatic heterocycles. The Kier molecular flexibility index (Phi) is 4.82. The van der Waals surface area contributed by atoms with Gasteiger partial charge in [0.1, 0.15) is 0 Å². The predicted molar refractivity (Wildman–Crippen MR) is 114 cm³/mol. The molecule has 8 nitrogen and oxygen atoms in total. The van der Waals surface area contributed by atoms with Gasteiger partial charge in [0.2, 0.25) is 0 Å². The summed E-state index contributed by atoms with van der Waals surface area (Å²) < 4.78 is 5.16. The summed E-state index contributed by atoms with van der Waals surface area (Å²) in [6.07, 6.45) is 0. The van der Waals surface area contributed by atoms with E-state index in [9.17, 15) is 24.0 Å². The van der Waals surface area contributed by atoms with Crippen LogP contribution < -0.4 is 0 Å². The van der Waals surface area contributed by atoms with Crippen molar-refractivity contribution in [2.75, 3.05) is 6.73 Å². The van der Waals surface area contributed by atoms with Gasteiger partial charge in [-0.15, -0.1) is 0 Å². The third kappa shape index (κ3) is 3.38. The number of fused-ring (bicyclic) bond motifs is 2. The van der Waals surface area contributed by atoms with Gasteiger partial charge in [-0.1, -0.05) is 42.5 Å². The Morgan fingerprint density at radius 2 is 1.18 bits per heavy atom. The summed E-state index contributed by atoms with van der Waals surface area (Å²) in [5, 5.41) is 0. The summed E-state index contributed by atoms with van der Waals surface area (Å²) in [6.45, 7) is -0.442. The molecule has 0 atom stereocenters. The van der Waals surface area contributed by atoms with E-state index < -0.39 is 36.3 Å². The van der Waals surface area contributed by atoms with Crippen LogP contribution in [0.3, 0.4) is 0 Å². The molecule has 0 radical (unpaired) electrons. The minimum absolute atomic E-state index is 0.0353. The van der Waals surface area contributed by atoms with Crippen LogP contribution in [-0.2, 0) is 11.3 Å². The molecule has 2 aliphatic heterocycles. The second kappa shape index (κ2) is 7.83. The zero-order chi connectivity index (χ0) is 23.1. The molecule has 3 aromatic carbocycles. The Morgan fingerprint density at radius 1 is 0.636 bits per heavy atom. The first-order valence-electron chi connectivity index (χ1n) is 10.1. The highest BCUT2D eigenvalue weighted by Crippen LogP contribution is 2.26. The van der Waals surface area contributed by atoms with Crippen molar-refractivity contribution >= 4 is 29.6 Å². The summed E-state index contributed by atoms with van der Waals surface area (Å²) in [4.78, 5) is 64.8. The van der Waals surface area contributed by atoms with E-state index in [2.05, 4.69) is 0 Å². The van der Waals surface area contributed by atoms with Crippen molar-refractivity contribution < 1.29 is 28.7 Å². The lowest BCUT2D eigenvalue weighted by Gasteiger charge is -2.14. The minimum Gasteiger partial charge on any atom is -0.440 e. The molecule has 0 unspecified atom stereocenters. The lowest BCUT2D eigenvalue weighted by Crippen LogP contribution is -2.33. The van der Waals surface area contributed by atoms with E-state index in [1.165, 1.54) is 30.3 Å². The largest absolute Gasteiger partial charge is 0.440 e. The predicted octanol–water partition coefficient (Wildman–Crippen LogP) is 2.89. The van der Waals surface area contributed by atoms with Crippen LogP contribution in [-0.4, -0.2) is 46.1 Å². The van der Waals surface area contributed by atoms with Crippen LogP contribution in [0.25, 0.3) is 0 Å². The van der Waals surface area contributed by atoms with Crippen molar-refractivity contribution in [1.29, 1.82) is 0 Å². The topological polar surface area (TPSA) is 101 Å². The van der Waals surface area contributed by atoms with E-state index in [0.29, 0.717) is 0 Å². The van der Waals surface area contributed by atoms with Crippen molar-refractivity contribution in [3.8, 4) is 0 Å². The molecule has 0 spiro atoms. The first-order valence-corrected chi connectivity index (χ1v) is 10.1. The lowest BCUT2D eigenvalue weighted by molar-refractivity contribution is 0.0227. The number of imide groups is 2. The maximum Gasteiger partial charge on any atom is 0.339 e. The van der Waals surface area contributed by atoms with Gasteiger partial charge in [-0.2, -0.15) is 0 Å². The maximum absolute atomic E-state index is 12.8. The highest BCUT2D eigenvalue weighted by Gasteiger charge is 2.37. The number of esters is 1. The van der Waals surface area contributed by atoms with Gasteiger partial charge in [0.15, 0.2) is 6.73 Å². The Bertz CT molecular complexity index is 1310. The molecule has 0 saturated heterocycles. The van der Waals surface area contributed by atoms with Crippen molar-refractivity contribution in [1.82, 2.24) is 9.80 Å². The molecule has 2 heterocycles. The van der Waals surface area contributed by atoms with Crippen LogP contribution >= 0.6 is 0 Å². The third-order valence-corrected chi connectivity index (χ3v) is 5.59. The maximum atomic E-state index is 12.8. The van der Waals surface area contributed by atoms with Crippen molar-refractivity contribution in [2.24, 2.45) is 0 Å². The van der Waals surface area contributed by atoms with Crippen molar-refractivity contribution in [3.63, 3.8) is 0 Å². The molecule has 5 rings (SSSR count). The first kappa shape index (κ1) is 20.3. The van der Waals surface area contributed by atoms with E-state index >= 15 is 0 Å². The summed E-state index contributed by atoms with van der Waals surface area (Å²) in [5.74, 6) is -2.86. The van der Waals surface area contributed by atoms with Crippen LogP contribution in [0.1, 0.15) is 57.4 Å². The number of hydrogen-bond donors (Lipinski definition) is 0. The molecule has 0 aliphatic carbocycles.